The van der Waals surface area contributed by atoms with Crippen molar-refractivity contribution in [2.45, 2.75) is 19.4 Å². The molecule has 1 heterocycles. The van der Waals surface area contributed by atoms with E-state index in [9.17, 15) is 0 Å². The van der Waals surface area contributed by atoms with Crippen molar-refractivity contribution in [3.8, 4) is 0 Å². The number of nitrogens with one attached hydrogen (secondary N) is 1. The van der Waals surface area contributed by atoms with Gasteiger partial charge in [-0.05, 0) is 36.6 Å². The summed E-state index contributed by atoms with van der Waals surface area (Å²) in [4.78, 5) is 9.12. The van der Waals surface area contributed by atoms with Crippen LogP contribution in [0.4, 0.5) is 0 Å². The number of nitrogens with two attached hydrogens (primary N) is 1. The molecular weight excluding hydrogens is 260 g/mol. The third-order valence-electron chi connectivity index (χ3n) is 3.71. The van der Waals surface area contributed by atoms with E-state index in [1.807, 2.05) is 36.4 Å². The minimum Gasteiger partial charge on any atom is -0.271 e. The van der Waals surface area contributed by atoms with E-state index in [-0.39, 0.29) is 6.04 Å². The van der Waals surface area contributed by atoms with E-state index in [4.69, 9.17) is 5.84 Å². The Morgan fingerprint density at radius 1 is 1.05 bits per heavy atom. The van der Waals surface area contributed by atoms with Crippen molar-refractivity contribution in [2.24, 2.45) is 5.84 Å². The maximum absolute atomic E-state index is 5.73. The number of nitrogens with zero attached hydrogens (tertiary/aromatic N) is 2. The molecule has 3 aromatic rings. The van der Waals surface area contributed by atoms with Crippen molar-refractivity contribution < 1.29 is 0 Å². The summed E-state index contributed by atoms with van der Waals surface area (Å²) in [7, 11) is 0. The lowest BCUT2D eigenvalue weighted by Gasteiger charge is -2.16. The minimum atomic E-state index is -0.0526. The van der Waals surface area contributed by atoms with Crippen molar-refractivity contribution in [3.63, 3.8) is 0 Å². The molecule has 3 rings (SSSR count). The van der Waals surface area contributed by atoms with E-state index in [0.29, 0.717) is 0 Å². The molecule has 106 valence electrons. The molecule has 0 aliphatic heterocycles. The largest absolute Gasteiger partial charge is 0.271 e. The zero-order valence-electron chi connectivity index (χ0n) is 12.0. The van der Waals surface area contributed by atoms with Crippen LogP contribution in [0.3, 0.4) is 0 Å². The first-order valence-electron chi connectivity index (χ1n) is 7.00. The van der Waals surface area contributed by atoms with Gasteiger partial charge in [0.15, 0.2) is 0 Å². The molecular formula is C17H18N4. The van der Waals surface area contributed by atoms with Gasteiger partial charge in [-0.1, -0.05) is 36.4 Å². The zero-order chi connectivity index (χ0) is 14.7. The van der Waals surface area contributed by atoms with Crippen molar-refractivity contribution in [3.05, 3.63) is 71.5 Å². The van der Waals surface area contributed by atoms with E-state index in [1.165, 1.54) is 11.1 Å². The summed E-state index contributed by atoms with van der Waals surface area (Å²) in [6.45, 7) is 2.11. The quantitative estimate of drug-likeness (QED) is 0.569. The number of para-hydroxylation sites is 2. The van der Waals surface area contributed by atoms with Gasteiger partial charge in [0.05, 0.1) is 29.0 Å². The van der Waals surface area contributed by atoms with Gasteiger partial charge >= 0.3 is 0 Å². The number of hydrogen-bond acceptors (Lipinski definition) is 4. The van der Waals surface area contributed by atoms with Gasteiger partial charge in [-0.2, -0.15) is 0 Å². The fourth-order valence-electron chi connectivity index (χ4n) is 2.45. The summed E-state index contributed by atoms with van der Waals surface area (Å²) in [6.07, 6.45) is 2.58. The van der Waals surface area contributed by atoms with Crippen LogP contribution in [0.1, 0.15) is 22.9 Å². The summed E-state index contributed by atoms with van der Waals surface area (Å²) in [5.41, 5.74) is 8.02. The Balaban J connectivity index is 1.93. The van der Waals surface area contributed by atoms with E-state index in [2.05, 4.69) is 34.5 Å². The average Bonchev–Trinajstić information content (AvgIpc) is 2.54. The number of hydrogen-bond donors (Lipinski definition) is 2. The summed E-state index contributed by atoms with van der Waals surface area (Å²) in [6, 6.07) is 16.1. The average molecular weight is 278 g/mol. The monoisotopic (exact) mass is 278 g/mol. The smallest absolute Gasteiger partial charge is 0.0890 e. The second-order valence-corrected chi connectivity index (χ2v) is 5.13. The second kappa shape index (κ2) is 5.99. The summed E-state index contributed by atoms with van der Waals surface area (Å²) < 4.78 is 0. The highest BCUT2D eigenvalue weighted by Crippen LogP contribution is 2.19. The van der Waals surface area contributed by atoms with E-state index >= 15 is 0 Å². The van der Waals surface area contributed by atoms with Crippen LogP contribution in [0.15, 0.2) is 54.7 Å². The van der Waals surface area contributed by atoms with Crippen molar-refractivity contribution >= 4 is 11.0 Å². The predicted molar refractivity (Wildman–Crippen MR) is 84.5 cm³/mol. The highest BCUT2D eigenvalue weighted by atomic mass is 15.2. The SMILES string of the molecule is Cc1ccccc1CC(NN)c1cnc2ccccc2n1. The maximum atomic E-state index is 5.73. The highest BCUT2D eigenvalue weighted by molar-refractivity contribution is 5.73. The van der Waals surface area contributed by atoms with Gasteiger partial charge in [-0.15, -0.1) is 0 Å². The predicted octanol–water partition coefficient (Wildman–Crippen LogP) is 2.69. The van der Waals surface area contributed by atoms with Crippen LogP contribution in [-0.4, -0.2) is 9.97 Å². The molecule has 1 aromatic heterocycles. The van der Waals surface area contributed by atoms with Crippen LogP contribution < -0.4 is 11.3 Å². The van der Waals surface area contributed by atoms with Crippen molar-refractivity contribution in [1.29, 1.82) is 0 Å². The molecule has 1 unspecified atom stereocenters. The van der Waals surface area contributed by atoms with E-state index in [0.717, 1.165) is 23.1 Å². The van der Waals surface area contributed by atoms with Crippen LogP contribution in [0.25, 0.3) is 11.0 Å². The minimum absolute atomic E-state index is 0.0526. The number of hydrazine groups is 1. The molecule has 0 saturated carbocycles. The Kier molecular flexibility index (Phi) is 3.90. The molecule has 0 spiro atoms. The van der Waals surface area contributed by atoms with Gasteiger partial charge in [0.2, 0.25) is 0 Å². The molecule has 0 radical (unpaired) electrons. The third kappa shape index (κ3) is 2.91. The highest BCUT2D eigenvalue weighted by Gasteiger charge is 2.14. The molecule has 0 aliphatic carbocycles. The topological polar surface area (TPSA) is 63.8 Å². The molecule has 0 amide bonds. The van der Waals surface area contributed by atoms with Crippen molar-refractivity contribution in [2.75, 3.05) is 0 Å². The number of aromatic nitrogens is 2. The van der Waals surface area contributed by atoms with E-state index < -0.39 is 0 Å². The zero-order valence-corrected chi connectivity index (χ0v) is 12.0. The van der Waals surface area contributed by atoms with Crippen LogP contribution in [0.2, 0.25) is 0 Å². The van der Waals surface area contributed by atoms with Gasteiger partial charge < -0.3 is 0 Å². The lowest BCUT2D eigenvalue weighted by molar-refractivity contribution is 0.537. The van der Waals surface area contributed by atoms with Gasteiger partial charge in [-0.3, -0.25) is 16.3 Å². The number of aryl methyl sites for hydroxylation is 1. The Hall–Kier alpha value is -2.30. The summed E-state index contributed by atoms with van der Waals surface area (Å²) >= 11 is 0. The standard InChI is InChI=1S/C17H18N4/c1-12-6-2-3-7-13(12)10-16(21-18)17-11-19-14-8-4-5-9-15(14)20-17/h2-9,11,16,21H,10,18H2,1H3. The van der Waals surface area contributed by atoms with Crippen LogP contribution >= 0.6 is 0 Å². The van der Waals surface area contributed by atoms with Crippen LogP contribution in [-0.2, 0) is 6.42 Å². The first kappa shape index (κ1) is 13.7. The lowest BCUT2D eigenvalue weighted by Crippen LogP contribution is -2.30. The maximum Gasteiger partial charge on any atom is 0.0890 e. The molecule has 0 fully saturated rings. The third-order valence-corrected chi connectivity index (χ3v) is 3.71. The molecule has 21 heavy (non-hydrogen) atoms. The molecule has 4 heteroatoms. The van der Waals surface area contributed by atoms with Crippen LogP contribution in [0.5, 0.6) is 0 Å². The normalized spacial score (nSPS) is 12.5. The Bertz CT molecular complexity index is 754. The molecule has 0 bridgehead atoms. The molecule has 3 N–H and O–H groups in total. The van der Waals surface area contributed by atoms with E-state index in [1.54, 1.807) is 6.20 Å². The van der Waals surface area contributed by atoms with Gasteiger partial charge in [0, 0.05) is 0 Å². The van der Waals surface area contributed by atoms with Crippen molar-refractivity contribution in [1.82, 2.24) is 15.4 Å². The number of fused-ring (bicyclic) bond motifs is 1. The second-order valence-electron chi connectivity index (χ2n) is 5.13. The Morgan fingerprint density at radius 2 is 1.76 bits per heavy atom. The van der Waals surface area contributed by atoms with Gasteiger partial charge in [0.25, 0.3) is 0 Å². The summed E-state index contributed by atoms with van der Waals surface area (Å²) in [5, 5.41) is 0. The molecule has 0 aliphatic rings. The first-order chi connectivity index (χ1) is 10.3. The lowest BCUT2D eigenvalue weighted by atomic mass is 10.00. The molecule has 0 saturated heterocycles. The number of rotatable bonds is 4. The Morgan fingerprint density at radius 3 is 2.52 bits per heavy atom. The Labute approximate surface area is 124 Å². The first-order valence-corrected chi connectivity index (χ1v) is 7.00. The molecule has 4 nitrogen and oxygen atoms in total. The summed E-state index contributed by atoms with van der Waals surface area (Å²) in [5.74, 6) is 5.73. The van der Waals surface area contributed by atoms with Gasteiger partial charge in [0.1, 0.15) is 0 Å². The van der Waals surface area contributed by atoms with Crippen LogP contribution in [0, 0.1) is 6.92 Å². The molecule has 2 aromatic carbocycles. The fraction of sp³-hybridized carbons (Fsp3) is 0.176. The number of benzene rings is 2. The molecule has 1 atom stereocenters. The van der Waals surface area contributed by atoms with Gasteiger partial charge in [-0.25, -0.2) is 4.98 Å². The fourth-order valence-corrected chi connectivity index (χ4v) is 2.45.